The molecule has 0 aromatic heterocycles. The number of rotatable bonds is 8. The fourth-order valence-electron chi connectivity index (χ4n) is 3.38. The highest BCUT2D eigenvalue weighted by molar-refractivity contribution is 5.77. The van der Waals surface area contributed by atoms with Gasteiger partial charge in [0.05, 0.1) is 26.2 Å². The number of carbonyl (C=O) groups excluding carboxylic acids is 1. The fraction of sp³-hybridized carbons (Fsp3) is 0.650. The molecule has 1 fully saturated rings. The molecule has 140 valence electrons. The van der Waals surface area contributed by atoms with Crippen LogP contribution in [0.1, 0.15) is 40.0 Å². The van der Waals surface area contributed by atoms with Crippen LogP contribution in [-0.2, 0) is 4.79 Å². The zero-order valence-electron chi connectivity index (χ0n) is 15.9. The van der Waals surface area contributed by atoms with Gasteiger partial charge in [-0.15, -0.1) is 0 Å². The summed E-state index contributed by atoms with van der Waals surface area (Å²) in [5.74, 6) is 1.20. The molecule has 0 aliphatic carbocycles. The molecule has 3 N–H and O–H groups in total. The average Bonchev–Trinajstić information content (AvgIpc) is 2.56. The number of nitrogens with zero attached hydrogens (tertiary/aromatic N) is 1. The summed E-state index contributed by atoms with van der Waals surface area (Å²) < 4.78 is 0. The van der Waals surface area contributed by atoms with Crippen molar-refractivity contribution in [1.82, 2.24) is 5.32 Å². The monoisotopic (exact) mass is 348 g/mol. The normalized spacial score (nSPS) is 16.9. The highest BCUT2D eigenvalue weighted by Gasteiger charge is 2.22. The van der Waals surface area contributed by atoms with Crippen molar-refractivity contribution in [3.63, 3.8) is 0 Å². The van der Waals surface area contributed by atoms with Crippen LogP contribution in [0.25, 0.3) is 0 Å². The largest absolute Gasteiger partial charge is 0.508 e. The van der Waals surface area contributed by atoms with Gasteiger partial charge in [0.2, 0.25) is 0 Å². The summed E-state index contributed by atoms with van der Waals surface area (Å²) >= 11 is 0. The molecule has 1 aliphatic rings. The standard InChI is InChI=1S/C20H33N3O2/c1-16(2)5-4-6-17(3)21-20(25)15-22-11-13-23(14-12-22)18-7-9-19(24)10-8-18/h7-10,16-17,24H,4-6,11-15H2,1-3H3,(H,21,25)/p+1/t17-/m0/s1. The van der Waals surface area contributed by atoms with Gasteiger partial charge in [0.25, 0.3) is 5.91 Å². The molecule has 1 aromatic rings. The molecule has 25 heavy (non-hydrogen) atoms. The van der Waals surface area contributed by atoms with Crippen molar-refractivity contribution in [2.75, 3.05) is 37.6 Å². The quantitative estimate of drug-likeness (QED) is 0.666. The molecule has 1 aliphatic heterocycles. The van der Waals surface area contributed by atoms with Crippen molar-refractivity contribution < 1.29 is 14.8 Å². The van der Waals surface area contributed by atoms with Gasteiger partial charge in [-0.2, -0.15) is 0 Å². The Balaban J connectivity index is 1.67. The van der Waals surface area contributed by atoms with E-state index >= 15 is 0 Å². The van der Waals surface area contributed by atoms with Crippen molar-refractivity contribution >= 4 is 11.6 Å². The molecule has 0 bridgehead atoms. The average molecular weight is 349 g/mol. The van der Waals surface area contributed by atoms with Crippen LogP contribution in [0.2, 0.25) is 0 Å². The molecule has 0 radical (unpaired) electrons. The third kappa shape index (κ3) is 6.94. The number of anilines is 1. The van der Waals surface area contributed by atoms with Crippen molar-refractivity contribution in [3.8, 4) is 5.75 Å². The second kappa shape index (κ2) is 9.66. The molecular formula is C20H34N3O2+. The van der Waals surface area contributed by atoms with Crippen LogP contribution in [0, 0.1) is 5.92 Å². The van der Waals surface area contributed by atoms with Crippen molar-refractivity contribution in [3.05, 3.63) is 24.3 Å². The zero-order chi connectivity index (χ0) is 18.2. The van der Waals surface area contributed by atoms with Gasteiger partial charge >= 0.3 is 0 Å². The van der Waals surface area contributed by atoms with Gasteiger partial charge in [-0.3, -0.25) is 4.79 Å². The number of hydrogen-bond acceptors (Lipinski definition) is 3. The first-order valence-corrected chi connectivity index (χ1v) is 9.61. The van der Waals surface area contributed by atoms with Gasteiger partial charge in [0, 0.05) is 11.7 Å². The summed E-state index contributed by atoms with van der Waals surface area (Å²) in [6, 6.07) is 7.62. The van der Waals surface area contributed by atoms with Crippen molar-refractivity contribution in [2.45, 2.75) is 46.1 Å². The Morgan fingerprint density at radius 1 is 1.16 bits per heavy atom. The van der Waals surface area contributed by atoms with E-state index in [1.54, 1.807) is 12.1 Å². The second-order valence-electron chi connectivity index (χ2n) is 7.72. The zero-order valence-corrected chi connectivity index (χ0v) is 15.9. The van der Waals surface area contributed by atoms with Gasteiger partial charge < -0.3 is 20.2 Å². The first kappa shape index (κ1) is 19.6. The Labute approximate surface area is 152 Å². The molecule has 1 heterocycles. The van der Waals surface area contributed by atoms with Crippen LogP contribution in [0.4, 0.5) is 5.69 Å². The summed E-state index contributed by atoms with van der Waals surface area (Å²) in [6.07, 6.45) is 3.47. The van der Waals surface area contributed by atoms with E-state index in [1.807, 2.05) is 12.1 Å². The Bertz CT molecular complexity index is 522. The predicted octanol–water partition coefficient (Wildman–Crippen LogP) is 1.43. The molecule has 2 rings (SSSR count). The van der Waals surface area contributed by atoms with E-state index in [0.717, 1.165) is 44.2 Å². The summed E-state index contributed by atoms with van der Waals surface area (Å²) in [5.41, 5.74) is 1.14. The Kier molecular flexibility index (Phi) is 7.56. The SMILES string of the molecule is CC(C)CCC[C@H](C)NC(=O)C[NH+]1CCN(c2ccc(O)cc2)CC1. The van der Waals surface area contributed by atoms with Crippen LogP contribution in [0.15, 0.2) is 24.3 Å². The Hall–Kier alpha value is -1.75. The van der Waals surface area contributed by atoms with E-state index in [4.69, 9.17) is 0 Å². The third-order valence-corrected chi connectivity index (χ3v) is 4.92. The lowest BCUT2D eigenvalue weighted by atomic mass is 10.0. The predicted molar refractivity (Wildman–Crippen MR) is 102 cm³/mol. The first-order chi connectivity index (χ1) is 11.9. The van der Waals surface area contributed by atoms with E-state index < -0.39 is 0 Å². The summed E-state index contributed by atoms with van der Waals surface area (Å²) in [5, 5.41) is 12.5. The number of amides is 1. The fourth-order valence-corrected chi connectivity index (χ4v) is 3.38. The van der Waals surface area contributed by atoms with Crippen molar-refractivity contribution in [1.29, 1.82) is 0 Å². The van der Waals surface area contributed by atoms with E-state index in [1.165, 1.54) is 17.7 Å². The van der Waals surface area contributed by atoms with Gasteiger partial charge in [-0.05, 0) is 43.5 Å². The number of phenols is 1. The van der Waals surface area contributed by atoms with Crippen LogP contribution in [0.3, 0.4) is 0 Å². The molecule has 5 heteroatoms. The topological polar surface area (TPSA) is 57.0 Å². The van der Waals surface area contributed by atoms with Crippen LogP contribution in [0.5, 0.6) is 5.75 Å². The highest BCUT2D eigenvalue weighted by Crippen LogP contribution is 2.18. The highest BCUT2D eigenvalue weighted by atomic mass is 16.3. The maximum atomic E-state index is 12.2. The van der Waals surface area contributed by atoms with E-state index in [2.05, 4.69) is 31.0 Å². The molecule has 0 spiro atoms. The molecule has 0 saturated carbocycles. The Morgan fingerprint density at radius 2 is 1.80 bits per heavy atom. The molecular weight excluding hydrogens is 314 g/mol. The van der Waals surface area contributed by atoms with Gasteiger partial charge in [-0.25, -0.2) is 0 Å². The lowest BCUT2D eigenvalue weighted by Crippen LogP contribution is -3.16. The smallest absolute Gasteiger partial charge is 0.275 e. The second-order valence-corrected chi connectivity index (χ2v) is 7.72. The number of hydrogen-bond donors (Lipinski definition) is 3. The lowest BCUT2D eigenvalue weighted by Gasteiger charge is -2.33. The summed E-state index contributed by atoms with van der Waals surface area (Å²) in [4.78, 5) is 15.9. The first-order valence-electron chi connectivity index (χ1n) is 9.61. The molecule has 0 unspecified atom stereocenters. The van der Waals surface area contributed by atoms with Gasteiger partial charge in [0.1, 0.15) is 5.75 Å². The van der Waals surface area contributed by atoms with Crippen LogP contribution in [-0.4, -0.2) is 49.8 Å². The van der Waals surface area contributed by atoms with Gasteiger partial charge in [-0.1, -0.05) is 26.7 Å². The number of aromatic hydroxyl groups is 1. The molecule has 1 aromatic carbocycles. The summed E-state index contributed by atoms with van der Waals surface area (Å²) in [6.45, 7) is 11.0. The van der Waals surface area contributed by atoms with Gasteiger partial charge in [0.15, 0.2) is 6.54 Å². The summed E-state index contributed by atoms with van der Waals surface area (Å²) in [7, 11) is 0. The van der Waals surface area contributed by atoms with E-state index in [9.17, 15) is 9.90 Å². The number of quaternary nitrogens is 1. The Morgan fingerprint density at radius 3 is 2.40 bits per heavy atom. The number of phenolic OH excluding ortho intramolecular Hbond substituents is 1. The third-order valence-electron chi connectivity index (χ3n) is 4.92. The van der Waals surface area contributed by atoms with E-state index in [0.29, 0.717) is 12.3 Å². The van der Waals surface area contributed by atoms with Crippen LogP contribution >= 0.6 is 0 Å². The number of carbonyl (C=O) groups is 1. The number of benzene rings is 1. The minimum absolute atomic E-state index is 0.171. The van der Waals surface area contributed by atoms with E-state index in [-0.39, 0.29) is 11.9 Å². The number of piperazine rings is 1. The maximum Gasteiger partial charge on any atom is 0.275 e. The van der Waals surface area contributed by atoms with Crippen molar-refractivity contribution in [2.24, 2.45) is 5.92 Å². The molecule has 5 nitrogen and oxygen atoms in total. The minimum Gasteiger partial charge on any atom is -0.508 e. The maximum absolute atomic E-state index is 12.2. The molecule has 1 saturated heterocycles. The minimum atomic E-state index is 0.171. The molecule has 1 amide bonds. The lowest BCUT2D eigenvalue weighted by molar-refractivity contribution is -0.892. The number of nitrogens with one attached hydrogen (secondary N) is 2. The van der Waals surface area contributed by atoms with Crippen LogP contribution < -0.4 is 15.1 Å². The molecule has 1 atom stereocenters.